The molecule has 0 bridgehead atoms. The van der Waals surface area contributed by atoms with E-state index in [1.54, 1.807) is 0 Å². The quantitative estimate of drug-likeness (QED) is 0.279. The molecule has 1 N–H and O–H groups in total. The Hall–Kier alpha value is -1.96. The number of unbranched alkanes of at least 4 members (excludes halogenated alkanes) is 2. The molecule has 2 fully saturated rings. The molecule has 1 aliphatic heterocycles. The maximum Gasteiger partial charge on any atom is 0.229 e. The number of rotatable bonds is 12. The number of benzene rings is 1. The molecule has 6 nitrogen and oxygen atoms in total. The minimum Gasteiger partial charge on any atom is -0.490 e. The standard InChI is InChI=1S/C24H34FNO5S/c1-24(2,13-5-3-4-6-18-9-12-22(27)26-23(18)28)16-32(29,30)19-10-11-20(25)21(14-19)31-15-17-7-8-17/h10-11,14,17-18H,3-9,12-13,15-16H2,1-2H3,(H,26,27,28). The lowest BCUT2D eigenvalue weighted by Gasteiger charge is -2.25. The van der Waals surface area contributed by atoms with Gasteiger partial charge in [0.1, 0.15) is 0 Å². The average Bonchev–Trinajstić information content (AvgIpc) is 3.52. The Morgan fingerprint density at radius 2 is 1.88 bits per heavy atom. The van der Waals surface area contributed by atoms with Gasteiger partial charge in [0, 0.05) is 18.4 Å². The molecule has 8 heteroatoms. The molecule has 1 saturated heterocycles. The van der Waals surface area contributed by atoms with Gasteiger partial charge in [0.2, 0.25) is 11.8 Å². The highest BCUT2D eigenvalue weighted by molar-refractivity contribution is 7.91. The molecule has 1 saturated carbocycles. The highest BCUT2D eigenvalue weighted by Crippen LogP contribution is 2.33. The number of carbonyl (C=O) groups is 2. The molecule has 2 aliphatic rings. The Morgan fingerprint density at radius 3 is 2.56 bits per heavy atom. The summed E-state index contributed by atoms with van der Waals surface area (Å²) in [5.41, 5.74) is -0.434. The van der Waals surface area contributed by atoms with Crippen molar-refractivity contribution in [2.24, 2.45) is 17.3 Å². The molecule has 2 amide bonds. The molecular weight excluding hydrogens is 433 g/mol. The molecule has 0 spiro atoms. The second-order valence-electron chi connectivity index (χ2n) is 10.0. The number of amides is 2. The van der Waals surface area contributed by atoms with Gasteiger partial charge in [0.15, 0.2) is 21.4 Å². The number of halogens is 1. The number of nitrogens with one attached hydrogen (secondary N) is 1. The Labute approximate surface area is 190 Å². The summed E-state index contributed by atoms with van der Waals surface area (Å²) in [7, 11) is -3.58. The Bertz CT molecular complexity index is 940. The van der Waals surface area contributed by atoms with Gasteiger partial charge in [-0.05, 0) is 55.6 Å². The zero-order chi connectivity index (χ0) is 23.4. The number of carbonyl (C=O) groups excluding carboxylic acids is 2. The zero-order valence-electron chi connectivity index (χ0n) is 19.0. The summed E-state index contributed by atoms with van der Waals surface area (Å²) in [6, 6.07) is 3.78. The minimum atomic E-state index is -3.58. The third kappa shape index (κ3) is 7.29. The van der Waals surface area contributed by atoms with E-state index in [0.717, 1.165) is 51.0 Å². The third-order valence-corrected chi connectivity index (χ3v) is 8.41. The van der Waals surface area contributed by atoms with Crippen LogP contribution in [0, 0.1) is 23.1 Å². The Balaban J connectivity index is 1.46. The first-order valence-corrected chi connectivity index (χ1v) is 13.2. The SMILES string of the molecule is CC(C)(CCCCCC1CCC(=O)NC1=O)CS(=O)(=O)c1ccc(F)c(OCC2CC2)c1. The van der Waals surface area contributed by atoms with E-state index in [0.29, 0.717) is 25.4 Å². The number of hydrogen-bond donors (Lipinski definition) is 1. The van der Waals surface area contributed by atoms with E-state index in [2.05, 4.69) is 5.32 Å². The molecule has 178 valence electrons. The molecule has 1 aromatic rings. The zero-order valence-corrected chi connectivity index (χ0v) is 19.8. The molecule has 32 heavy (non-hydrogen) atoms. The van der Waals surface area contributed by atoms with Crippen LogP contribution in [-0.2, 0) is 19.4 Å². The largest absolute Gasteiger partial charge is 0.490 e. The summed E-state index contributed by atoms with van der Waals surface area (Å²) < 4.78 is 45.5. The third-order valence-electron chi connectivity index (χ3n) is 6.27. The van der Waals surface area contributed by atoms with Crippen LogP contribution in [0.4, 0.5) is 4.39 Å². The van der Waals surface area contributed by atoms with Crippen LogP contribution in [0.3, 0.4) is 0 Å². The lowest BCUT2D eigenvalue weighted by molar-refractivity contribution is -0.136. The van der Waals surface area contributed by atoms with E-state index in [4.69, 9.17) is 4.74 Å². The molecule has 1 aromatic carbocycles. The van der Waals surface area contributed by atoms with Crippen molar-refractivity contribution in [2.45, 2.75) is 76.5 Å². The van der Waals surface area contributed by atoms with E-state index in [9.17, 15) is 22.4 Å². The van der Waals surface area contributed by atoms with Gasteiger partial charge in [-0.3, -0.25) is 14.9 Å². The second-order valence-corrected chi connectivity index (χ2v) is 12.0. The van der Waals surface area contributed by atoms with E-state index in [1.165, 1.54) is 12.1 Å². The molecule has 3 rings (SSSR count). The van der Waals surface area contributed by atoms with Gasteiger partial charge < -0.3 is 4.74 Å². The van der Waals surface area contributed by atoms with Crippen LogP contribution in [0.2, 0.25) is 0 Å². The minimum absolute atomic E-state index is 0.00392. The summed E-state index contributed by atoms with van der Waals surface area (Å²) in [6.07, 6.45) is 7.25. The van der Waals surface area contributed by atoms with Crippen LogP contribution >= 0.6 is 0 Å². The first kappa shape index (κ1) is 24.7. The normalized spacial score (nSPS) is 19.7. The van der Waals surface area contributed by atoms with E-state index in [1.807, 2.05) is 13.8 Å². The van der Waals surface area contributed by atoms with Gasteiger partial charge >= 0.3 is 0 Å². The lowest BCUT2D eigenvalue weighted by Crippen LogP contribution is -2.40. The van der Waals surface area contributed by atoms with Crippen LogP contribution in [0.25, 0.3) is 0 Å². The summed E-state index contributed by atoms with van der Waals surface area (Å²) in [5, 5.41) is 2.38. The molecule has 1 aliphatic carbocycles. The van der Waals surface area contributed by atoms with Crippen LogP contribution in [0.5, 0.6) is 5.75 Å². The maximum atomic E-state index is 14.0. The molecule has 0 aromatic heterocycles. The number of ether oxygens (including phenoxy) is 1. The van der Waals surface area contributed by atoms with E-state index in [-0.39, 0.29) is 34.1 Å². The molecule has 1 atom stereocenters. The fraction of sp³-hybridized carbons (Fsp3) is 0.667. The van der Waals surface area contributed by atoms with E-state index >= 15 is 0 Å². The van der Waals surface area contributed by atoms with Crippen LogP contribution < -0.4 is 10.1 Å². The van der Waals surface area contributed by atoms with Gasteiger partial charge in [-0.2, -0.15) is 0 Å². The molecule has 0 radical (unpaired) electrons. The van der Waals surface area contributed by atoms with Crippen molar-refractivity contribution in [1.82, 2.24) is 5.32 Å². The molecule has 1 heterocycles. The number of piperidine rings is 1. The summed E-state index contributed by atoms with van der Waals surface area (Å²) in [4.78, 5) is 23.1. The van der Waals surface area contributed by atoms with Gasteiger partial charge in [0.25, 0.3) is 0 Å². The topological polar surface area (TPSA) is 89.5 Å². The van der Waals surface area contributed by atoms with Crippen molar-refractivity contribution in [1.29, 1.82) is 0 Å². The van der Waals surface area contributed by atoms with Crippen molar-refractivity contribution in [3.8, 4) is 5.75 Å². The van der Waals surface area contributed by atoms with Crippen LogP contribution in [0.1, 0.15) is 71.6 Å². The first-order chi connectivity index (χ1) is 15.1. The molecular formula is C24H34FNO5S. The number of imide groups is 1. The predicted molar refractivity (Wildman–Crippen MR) is 119 cm³/mol. The average molecular weight is 468 g/mol. The van der Waals surface area contributed by atoms with Crippen molar-refractivity contribution in [2.75, 3.05) is 12.4 Å². The summed E-state index contributed by atoms with van der Waals surface area (Å²) in [6.45, 7) is 4.28. The maximum absolute atomic E-state index is 14.0. The van der Waals surface area contributed by atoms with Gasteiger partial charge in [-0.25, -0.2) is 12.8 Å². The van der Waals surface area contributed by atoms with Gasteiger partial charge in [-0.1, -0.05) is 33.1 Å². The van der Waals surface area contributed by atoms with Crippen molar-refractivity contribution < 1.29 is 27.1 Å². The fourth-order valence-electron chi connectivity index (χ4n) is 4.13. The predicted octanol–water partition coefficient (Wildman–Crippen LogP) is 4.42. The van der Waals surface area contributed by atoms with Crippen molar-refractivity contribution in [3.63, 3.8) is 0 Å². The highest BCUT2D eigenvalue weighted by Gasteiger charge is 2.29. The smallest absolute Gasteiger partial charge is 0.229 e. The highest BCUT2D eigenvalue weighted by atomic mass is 32.2. The monoisotopic (exact) mass is 467 g/mol. The number of sulfone groups is 1. The molecule has 1 unspecified atom stereocenters. The lowest BCUT2D eigenvalue weighted by atomic mass is 9.87. The summed E-state index contributed by atoms with van der Waals surface area (Å²) >= 11 is 0. The second kappa shape index (κ2) is 10.3. The van der Waals surface area contributed by atoms with Crippen molar-refractivity contribution in [3.05, 3.63) is 24.0 Å². The van der Waals surface area contributed by atoms with Gasteiger partial charge in [0.05, 0.1) is 17.3 Å². The number of hydrogen-bond acceptors (Lipinski definition) is 5. The van der Waals surface area contributed by atoms with Crippen LogP contribution in [0.15, 0.2) is 23.1 Å². The van der Waals surface area contributed by atoms with Gasteiger partial charge in [-0.15, -0.1) is 0 Å². The fourth-order valence-corrected chi connectivity index (χ4v) is 6.04. The van der Waals surface area contributed by atoms with E-state index < -0.39 is 21.1 Å². The Morgan fingerprint density at radius 1 is 1.12 bits per heavy atom. The van der Waals surface area contributed by atoms with Crippen LogP contribution in [-0.4, -0.2) is 32.6 Å². The first-order valence-electron chi connectivity index (χ1n) is 11.5. The Kier molecular flexibility index (Phi) is 7.96. The van der Waals surface area contributed by atoms with Crippen molar-refractivity contribution >= 4 is 21.7 Å². The summed E-state index contributed by atoms with van der Waals surface area (Å²) in [5.74, 6) is -0.589.